The van der Waals surface area contributed by atoms with Gasteiger partial charge in [0.15, 0.2) is 11.5 Å². The van der Waals surface area contributed by atoms with Gasteiger partial charge >= 0.3 is 0 Å². The summed E-state index contributed by atoms with van der Waals surface area (Å²) in [7, 11) is 1.58. The molecule has 1 heterocycles. The third-order valence-corrected chi connectivity index (χ3v) is 4.06. The lowest BCUT2D eigenvalue weighted by Gasteiger charge is -2.19. The van der Waals surface area contributed by atoms with E-state index in [9.17, 15) is 9.59 Å². The van der Waals surface area contributed by atoms with Crippen molar-refractivity contribution in [3.8, 4) is 11.5 Å². The number of carbonyl (C=O) groups is 2. The van der Waals surface area contributed by atoms with E-state index in [1.807, 2.05) is 38.1 Å². The predicted molar refractivity (Wildman–Crippen MR) is 90.9 cm³/mol. The smallest absolute Gasteiger partial charge is 0.299 e. The number of hydrogen-bond acceptors (Lipinski definition) is 4. The van der Waals surface area contributed by atoms with Gasteiger partial charge in [-0.1, -0.05) is 18.2 Å². The Morgan fingerprint density at radius 1 is 1.08 bits per heavy atom. The standard InChI is InChI=1S/C19H19NO4/c1-4-24-15-9-8-13(10-16(15)23-3)11-20-17-12(2)6-5-7-14(17)18(21)19(20)22/h5-10H,4,11H2,1-3H3. The number of hydrogen-bond donors (Lipinski definition) is 0. The third kappa shape index (κ3) is 2.62. The first-order valence-electron chi connectivity index (χ1n) is 7.82. The van der Waals surface area contributed by atoms with Crippen LogP contribution in [0.3, 0.4) is 0 Å². The van der Waals surface area contributed by atoms with Crippen LogP contribution >= 0.6 is 0 Å². The second kappa shape index (κ2) is 6.35. The maximum atomic E-state index is 12.4. The van der Waals surface area contributed by atoms with Crippen molar-refractivity contribution in [3.63, 3.8) is 0 Å². The van der Waals surface area contributed by atoms with Crippen LogP contribution in [0.1, 0.15) is 28.4 Å². The summed E-state index contributed by atoms with van der Waals surface area (Å²) >= 11 is 0. The molecule has 0 spiro atoms. The Morgan fingerprint density at radius 3 is 2.58 bits per heavy atom. The van der Waals surface area contributed by atoms with Crippen molar-refractivity contribution in [2.75, 3.05) is 18.6 Å². The largest absolute Gasteiger partial charge is 0.493 e. The lowest BCUT2D eigenvalue weighted by Crippen LogP contribution is -2.29. The zero-order valence-corrected chi connectivity index (χ0v) is 14.0. The molecule has 0 radical (unpaired) electrons. The molecular weight excluding hydrogens is 306 g/mol. The minimum atomic E-state index is -0.493. The van der Waals surface area contributed by atoms with E-state index < -0.39 is 11.7 Å². The molecular formula is C19H19NO4. The molecule has 0 saturated carbocycles. The highest BCUT2D eigenvalue weighted by Crippen LogP contribution is 2.35. The molecule has 0 aliphatic carbocycles. The van der Waals surface area contributed by atoms with E-state index in [-0.39, 0.29) is 0 Å². The normalized spacial score (nSPS) is 13.2. The van der Waals surface area contributed by atoms with Crippen molar-refractivity contribution in [1.29, 1.82) is 0 Å². The fraction of sp³-hybridized carbons (Fsp3) is 0.263. The lowest BCUT2D eigenvalue weighted by atomic mass is 10.1. The number of methoxy groups -OCH3 is 1. The summed E-state index contributed by atoms with van der Waals surface area (Å²) in [5.41, 5.74) is 2.94. The second-order valence-electron chi connectivity index (χ2n) is 5.61. The van der Waals surface area contributed by atoms with Crippen LogP contribution in [0.15, 0.2) is 36.4 Å². The van der Waals surface area contributed by atoms with Gasteiger partial charge in [-0.3, -0.25) is 9.59 Å². The van der Waals surface area contributed by atoms with Crippen LogP contribution in [0.4, 0.5) is 5.69 Å². The summed E-state index contributed by atoms with van der Waals surface area (Å²) in [5.74, 6) is 0.320. The highest BCUT2D eigenvalue weighted by molar-refractivity contribution is 6.52. The summed E-state index contributed by atoms with van der Waals surface area (Å²) < 4.78 is 10.9. The number of Topliss-reactive ketones (excluding diaryl/α,β-unsaturated/α-hetero) is 1. The number of benzene rings is 2. The molecule has 0 N–H and O–H groups in total. The van der Waals surface area contributed by atoms with Gasteiger partial charge in [0.2, 0.25) is 0 Å². The molecule has 0 saturated heterocycles. The number of anilines is 1. The summed E-state index contributed by atoms with van der Waals surface area (Å²) in [6, 6.07) is 10.9. The fourth-order valence-electron chi connectivity index (χ4n) is 2.96. The van der Waals surface area contributed by atoms with Gasteiger partial charge in [-0.05, 0) is 43.2 Å². The van der Waals surface area contributed by atoms with Crippen LogP contribution in [-0.2, 0) is 11.3 Å². The van der Waals surface area contributed by atoms with Crippen LogP contribution in [0.25, 0.3) is 0 Å². The van der Waals surface area contributed by atoms with Gasteiger partial charge in [-0.25, -0.2) is 0 Å². The Kier molecular flexibility index (Phi) is 4.25. The Hall–Kier alpha value is -2.82. The van der Waals surface area contributed by atoms with Crippen LogP contribution in [0.5, 0.6) is 11.5 Å². The quantitative estimate of drug-likeness (QED) is 0.793. The van der Waals surface area contributed by atoms with E-state index in [0.29, 0.717) is 35.9 Å². The second-order valence-corrected chi connectivity index (χ2v) is 5.61. The van der Waals surface area contributed by atoms with Gasteiger partial charge in [0.05, 0.1) is 31.5 Å². The van der Waals surface area contributed by atoms with Gasteiger partial charge < -0.3 is 14.4 Å². The molecule has 5 nitrogen and oxygen atoms in total. The Balaban J connectivity index is 1.95. The van der Waals surface area contributed by atoms with E-state index in [2.05, 4.69) is 0 Å². The number of fused-ring (bicyclic) bond motifs is 1. The summed E-state index contributed by atoms with van der Waals surface area (Å²) in [6.45, 7) is 4.66. The van der Waals surface area contributed by atoms with Crippen molar-refractivity contribution in [1.82, 2.24) is 0 Å². The molecule has 1 aliphatic rings. The van der Waals surface area contributed by atoms with Gasteiger partial charge in [-0.2, -0.15) is 0 Å². The number of para-hydroxylation sites is 1. The number of carbonyl (C=O) groups excluding carboxylic acids is 2. The summed E-state index contributed by atoms with van der Waals surface area (Å²) in [5, 5.41) is 0. The minimum absolute atomic E-state index is 0.311. The SMILES string of the molecule is CCOc1ccc(CN2C(=O)C(=O)c3cccc(C)c32)cc1OC. The van der Waals surface area contributed by atoms with Crippen LogP contribution in [-0.4, -0.2) is 25.4 Å². The molecule has 1 aliphatic heterocycles. The maximum absolute atomic E-state index is 12.4. The number of amides is 1. The van der Waals surface area contributed by atoms with Crippen LogP contribution in [0, 0.1) is 6.92 Å². The first-order chi connectivity index (χ1) is 11.6. The molecule has 1 amide bonds. The molecule has 0 aromatic heterocycles. The van der Waals surface area contributed by atoms with E-state index in [4.69, 9.17) is 9.47 Å². The molecule has 0 unspecified atom stereocenters. The zero-order chi connectivity index (χ0) is 17.3. The van der Waals surface area contributed by atoms with Crippen molar-refractivity contribution in [3.05, 3.63) is 53.1 Å². The average molecular weight is 325 g/mol. The molecule has 3 rings (SSSR count). The molecule has 2 aromatic rings. The number of aryl methyl sites for hydroxylation is 1. The maximum Gasteiger partial charge on any atom is 0.299 e. The molecule has 0 atom stereocenters. The number of rotatable bonds is 5. The minimum Gasteiger partial charge on any atom is -0.493 e. The summed E-state index contributed by atoms with van der Waals surface area (Å²) in [4.78, 5) is 26.1. The van der Waals surface area contributed by atoms with Crippen molar-refractivity contribution in [2.24, 2.45) is 0 Å². The zero-order valence-electron chi connectivity index (χ0n) is 14.0. The highest BCUT2D eigenvalue weighted by Gasteiger charge is 2.36. The van der Waals surface area contributed by atoms with Crippen molar-refractivity contribution >= 4 is 17.4 Å². The van der Waals surface area contributed by atoms with Crippen LogP contribution in [0.2, 0.25) is 0 Å². The molecule has 24 heavy (non-hydrogen) atoms. The Morgan fingerprint density at radius 2 is 1.88 bits per heavy atom. The van der Waals surface area contributed by atoms with Gasteiger partial charge in [0.1, 0.15) is 0 Å². The van der Waals surface area contributed by atoms with E-state index >= 15 is 0 Å². The first-order valence-corrected chi connectivity index (χ1v) is 7.82. The molecule has 2 aromatic carbocycles. The molecule has 5 heteroatoms. The topological polar surface area (TPSA) is 55.8 Å². The van der Waals surface area contributed by atoms with E-state index in [1.165, 1.54) is 4.90 Å². The van der Waals surface area contributed by atoms with E-state index in [1.54, 1.807) is 19.2 Å². The van der Waals surface area contributed by atoms with Gasteiger partial charge in [0.25, 0.3) is 11.7 Å². The Bertz CT molecular complexity index is 813. The Labute approximate surface area is 140 Å². The fourth-order valence-corrected chi connectivity index (χ4v) is 2.96. The first kappa shape index (κ1) is 16.1. The summed E-state index contributed by atoms with van der Waals surface area (Å²) in [6.07, 6.45) is 0. The van der Waals surface area contributed by atoms with Crippen LogP contribution < -0.4 is 14.4 Å². The number of ether oxygens (including phenoxy) is 2. The third-order valence-electron chi connectivity index (χ3n) is 4.06. The highest BCUT2D eigenvalue weighted by atomic mass is 16.5. The van der Waals surface area contributed by atoms with Crippen molar-refractivity contribution in [2.45, 2.75) is 20.4 Å². The average Bonchev–Trinajstić information content (AvgIpc) is 2.82. The number of nitrogens with zero attached hydrogens (tertiary/aromatic N) is 1. The lowest BCUT2D eigenvalue weighted by molar-refractivity contribution is -0.114. The monoisotopic (exact) mass is 325 g/mol. The molecule has 0 bridgehead atoms. The van der Waals surface area contributed by atoms with Gasteiger partial charge in [0, 0.05) is 0 Å². The molecule has 0 fully saturated rings. The van der Waals surface area contributed by atoms with Gasteiger partial charge in [-0.15, -0.1) is 0 Å². The molecule has 124 valence electrons. The number of ketones is 1. The van der Waals surface area contributed by atoms with Crippen molar-refractivity contribution < 1.29 is 19.1 Å². The predicted octanol–water partition coefficient (Wildman–Crippen LogP) is 3.13. The van der Waals surface area contributed by atoms with E-state index in [0.717, 1.165) is 11.1 Å².